The predicted molar refractivity (Wildman–Crippen MR) is 86.5 cm³/mol. The van der Waals surface area contributed by atoms with Gasteiger partial charge in [-0.2, -0.15) is 0 Å². The van der Waals surface area contributed by atoms with Crippen LogP contribution >= 0.6 is 22.9 Å². The van der Waals surface area contributed by atoms with Crippen molar-refractivity contribution < 1.29 is 4.39 Å². The molecular formula is C16H14ClFN2S. The Kier molecular flexibility index (Phi) is 4.19. The van der Waals surface area contributed by atoms with Crippen molar-refractivity contribution in [2.24, 2.45) is 0 Å². The largest absolute Gasteiger partial charge is 0.313 e. The van der Waals surface area contributed by atoms with Gasteiger partial charge in [-0.1, -0.05) is 17.7 Å². The quantitative estimate of drug-likeness (QED) is 0.760. The number of hydrogen-bond acceptors (Lipinski definition) is 3. The van der Waals surface area contributed by atoms with Gasteiger partial charge in [-0.05, 0) is 54.2 Å². The molecule has 0 amide bonds. The van der Waals surface area contributed by atoms with Crippen LogP contribution in [0.3, 0.4) is 0 Å². The smallest absolute Gasteiger partial charge is 0.124 e. The normalized spacial score (nSPS) is 12.7. The van der Waals surface area contributed by atoms with Crippen molar-refractivity contribution in [1.29, 1.82) is 0 Å². The van der Waals surface area contributed by atoms with Crippen molar-refractivity contribution in [3.8, 4) is 0 Å². The first-order valence-corrected chi connectivity index (χ1v) is 7.87. The molecule has 3 rings (SSSR count). The maximum Gasteiger partial charge on any atom is 0.124 e. The lowest BCUT2D eigenvalue weighted by atomic mass is 10.00. The topological polar surface area (TPSA) is 24.9 Å². The third kappa shape index (κ3) is 3.07. The van der Waals surface area contributed by atoms with Crippen LogP contribution in [0.5, 0.6) is 0 Å². The van der Waals surface area contributed by atoms with E-state index in [2.05, 4.69) is 16.4 Å². The van der Waals surface area contributed by atoms with Gasteiger partial charge < -0.3 is 5.32 Å². The van der Waals surface area contributed by atoms with Crippen molar-refractivity contribution in [3.63, 3.8) is 0 Å². The summed E-state index contributed by atoms with van der Waals surface area (Å²) in [6.45, 7) is 0. The minimum Gasteiger partial charge on any atom is -0.313 e. The first-order chi connectivity index (χ1) is 10.2. The number of nitrogens with zero attached hydrogens (tertiary/aromatic N) is 1. The summed E-state index contributed by atoms with van der Waals surface area (Å²) in [5, 5.41) is 5.77. The molecule has 0 fully saturated rings. The molecule has 0 aliphatic rings. The fraction of sp³-hybridized carbons (Fsp3) is 0.188. The van der Waals surface area contributed by atoms with Crippen LogP contribution < -0.4 is 5.32 Å². The van der Waals surface area contributed by atoms with Crippen LogP contribution in [0.1, 0.15) is 17.2 Å². The molecule has 0 bridgehead atoms. The number of nitrogens with one attached hydrogen (secondary N) is 1. The maximum atomic E-state index is 13.1. The number of halogens is 2. The summed E-state index contributed by atoms with van der Waals surface area (Å²) in [4.78, 5) is 4.47. The van der Waals surface area contributed by atoms with E-state index in [9.17, 15) is 4.39 Å². The Morgan fingerprint density at radius 3 is 2.95 bits per heavy atom. The van der Waals surface area contributed by atoms with Crippen LogP contribution in [-0.2, 0) is 6.42 Å². The molecule has 0 aliphatic carbocycles. The number of fused-ring (bicyclic) bond motifs is 1. The lowest BCUT2D eigenvalue weighted by Gasteiger charge is -2.17. The molecule has 1 atom stereocenters. The third-order valence-corrected chi connectivity index (χ3v) is 4.72. The van der Waals surface area contributed by atoms with E-state index in [4.69, 9.17) is 11.6 Å². The van der Waals surface area contributed by atoms with Gasteiger partial charge in [0.15, 0.2) is 0 Å². The zero-order valence-corrected chi connectivity index (χ0v) is 13.0. The monoisotopic (exact) mass is 320 g/mol. The predicted octanol–water partition coefficient (Wildman–Crippen LogP) is 4.59. The third-order valence-electron chi connectivity index (χ3n) is 3.51. The standard InChI is InChI=1S/C16H14ClFN2S/c1-19-15(6-10-2-3-12(18)8-13(10)17)11-7-16-14(20-9-11)4-5-21-16/h2-5,7-9,15,19H,6H2,1H3. The summed E-state index contributed by atoms with van der Waals surface area (Å²) in [5.41, 5.74) is 3.04. The lowest BCUT2D eigenvalue weighted by Crippen LogP contribution is -2.19. The van der Waals surface area contributed by atoms with E-state index < -0.39 is 0 Å². The van der Waals surface area contributed by atoms with Crippen LogP contribution in [0.2, 0.25) is 5.02 Å². The SMILES string of the molecule is CNC(Cc1ccc(F)cc1Cl)c1cnc2ccsc2c1. The van der Waals surface area contributed by atoms with Gasteiger partial charge in [-0.25, -0.2) is 4.39 Å². The van der Waals surface area contributed by atoms with Gasteiger partial charge in [0.25, 0.3) is 0 Å². The van der Waals surface area contributed by atoms with Gasteiger partial charge in [-0.3, -0.25) is 4.98 Å². The molecule has 1 aromatic carbocycles. The fourth-order valence-corrected chi connectivity index (χ4v) is 3.38. The summed E-state index contributed by atoms with van der Waals surface area (Å²) in [6.07, 6.45) is 2.57. The van der Waals surface area contributed by atoms with E-state index in [1.807, 2.05) is 24.7 Å². The van der Waals surface area contributed by atoms with Gasteiger partial charge in [0, 0.05) is 17.3 Å². The molecule has 1 unspecified atom stereocenters. The Morgan fingerprint density at radius 2 is 2.19 bits per heavy atom. The fourth-order valence-electron chi connectivity index (χ4n) is 2.35. The number of aromatic nitrogens is 1. The summed E-state index contributed by atoms with van der Waals surface area (Å²) in [6, 6.07) is 8.77. The zero-order chi connectivity index (χ0) is 14.8. The van der Waals surface area contributed by atoms with Crippen molar-refractivity contribution >= 4 is 33.2 Å². The highest BCUT2D eigenvalue weighted by Crippen LogP contribution is 2.27. The van der Waals surface area contributed by atoms with Gasteiger partial charge in [-0.15, -0.1) is 11.3 Å². The number of benzene rings is 1. The molecule has 3 aromatic rings. The first kappa shape index (κ1) is 14.4. The van der Waals surface area contributed by atoms with Crippen LogP contribution in [0.25, 0.3) is 10.2 Å². The first-order valence-electron chi connectivity index (χ1n) is 6.61. The summed E-state index contributed by atoms with van der Waals surface area (Å²) < 4.78 is 14.3. The number of hydrogen-bond donors (Lipinski definition) is 1. The molecule has 0 aliphatic heterocycles. The minimum atomic E-state index is -0.313. The summed E-state index contributed by atoms with van der Waals surface area (Å²) in [7, 11) is 1.90. The molecule has 108 valence electrons. The second-order valence-corrected chi connectivity index (χ2v) is 6.21. The Bertz CT molecular complexity index is 772. The highest BCUT2D eigenvalue weighted by Gasteiger charge is 2.14. The number of likely N-dealkylation sites (N-methyl/N-ethyl adjacent to an activating group) is 1. The zero-order valence-electron chi connectivity index (χ0n) is 11.4. The molecule has 0 saturated heterocycles. The Labute approximate surface area is 131 Å². The molecule has 2 heterocycles. The van der Waals surface area contributed by atoms with E-state index in [1.165, 1.54) is 12.1 Å². The second kappa shape index (κ2) is 6.10. The van der Waals surface area contributed by atoms with E-state index in [1.54, 1.807) is 17.4 Å². The Morgan fingerprint density at radius 1 is 1.33 bits per heavy atom. The average Bonchev–Trinajstić information content (AvgIpc) is 2.94. The number of thiophene rings is 1. The van der Waals surface area contributed by atoms with Crippen molar-refractivity contribution in [2.75, 3.05) is 7.05 Å². The van der Waals surface area contributed by atoms with E-state index in [0.717, 1.165) is 21.3 Å². The molecule has 2 nitrogen and oxygen atoms in total. The van der Waals surface area contributed by atoms with Crippen LogP contribution in [-0.4, -0.2) is 12.0 Å². The number of pyridine rings is 1. The lowest BCUT2D eigenvalue weighted by molar-refractivity contribution is 0.588. The van der Waals surface area contributed by atoms with Gasteiger partial charge >= 0.3 is 0 Å². The number of rotatable bonds is 4. The molecule has 5 heteroatoms. The molecule has 0 spiro atoms. The van der Waals surface area contributed by atoms with E-state index in [0.29, 0.717) is 11.4 Å². The molecule has 0 radical (unpaired) electrons. The Hall–Kier alpha value is -1.49. The van der Waals surface area contributed by atoms with Crippen molar-refractivity contribution in [1.82, 2.24) is 10.3 Å². The maximum absolute atomic E-state index is 13.1. The van der Waals surface area contributed by atoms with E-state index >= 15 is 0 Å². The molecular weight excluding hydrogens is 307 g/mol. The molecule has 2 aromatic heterocycles. The van der Waals surface area contributed by atoms with Crippen LogP contribution in [0.15, 0.2) is 41.9 Å². The molecule has 1 N–H and O–H groups in total. The van der Waals surface area contributed by atoms with Crippen LogP contribution in [0, 0.1) is 5.82 Å². The minimum absolute atomic E-state index is 0.0898. The van der Waals surface area contributed by atoms with Crippen molar-refractivity contribution in [3.05, 3.63) is 63.9 Å². The molecule has 0 saturated carbocycles. The molecule has 21 heavy (non-hydrogen) atoms. The second-order valence-electron chi connectivity index (χ2n) is 4.85. The Balaban J connectivity index is 1.90. The van der Waals surface area contributed by atoms with E-state index in [-0.39, 0.29) is 11.9 Å². The highest BCUT2D eigenvalue weighted by molar-refractivity contribution is 7.17. The highest BCUT2D eigenvalue weighted by atomic mass is 35.5. The van der Waals surface area contributed by atoms with Gasteiger partial charge in [0.1, 0.15) is 5.82 Å². The summed E-state index contributed by atoms with van der Waals surface area (Å²) in [5.74, 6) is -0.313. The van der Waals surface area contributed by atoms with Crippen molar-refractivity contribution in [2.45, 2.75) is 12.5 Å². The van der Waals surface area contributed by atoms with Gasteiger partial charge in [0.2, 0.25) is 0 Å². The average molecular weight is 321 g/mol. The summed E-state index contributed by atoms with van der Waals surface area (Å²) >= 11 is 7.79. The van der Waals surface area contributed by atoms with Crippen LogP contribution in [0.4, 0.5) is 4.39 Å². The van der Waals surface area contributed by atoms with Gasteiger partial charge in [0.05, 0.1) is 10.2 Å².